The van der Waals surface area contributed by atoms with Crippen LogP contribution in [0.15, 0.2) is 24.3 Å². The summed E-state index contributed by atoms with van der Waals surface area (Å²) in [5.41, 5.74) is 6.97. The Bertz CT molecular complexity index is 975. The standard InChI is InChI=1S/C20H22N4O4/c1-11-16(10-14-13-6-4-5-7-15(13)23-19(14)26)22-12(2)18(11)20(27)21-9-8-17(25)24-28-3/h4-7,10,22H,8-9H2,1-3H3,(H,21,27)(H,23,26)(H,24,25)/b14-10-. The van der Waals surface area contributed by atoms with E-state index in [2.05, 4.69) is 25.9 Å². The molecule has 0 aliphatic carbocycles. The molecule has 0 atom stereocenters. The molecule has 1 aromatic heterocycles. The number of nitrogens with one attached hydrogen (secondary N) is 4. The van der Waals surface area contributed by atoms with Crippen molar-refractivity contribution >= 4 is 35.1 Å². The molecule has 3 rings (SSSR count). The fourth-order valence-electron chi connectivity index (χ4n) is 3.23. The minimum absolute atomic E-state index is 0.107. The third-order valence-corrected chi connectivity index (χ3v) is 4.56. The maximum Gasteiger partial charge on any atom is 0.256 e. The fourth-order valence-corrected chi connectivity index (χ4v) is 3.23. The van der Waals surface area contributed by atoms with E-state index in [0.717, 1.165) is 16.8 Å². The van der Waals surface area contributed by atoms with Gasteiger partial charge >= 0.3 is 0 Å². The Hall–Kier alpha value is -3.39. The molecule has 0 radical (unpaired) electrons. The largest absolute Gasteiger partial charge is 0.358 e. The molecule has 0 saturated heterocycles. The Morgan fingerprint density at radius 2 is 1.96 bits per heavy atom. The number of hydrogen-bond acceptors (Lipinski definition) is 4. The first-order chi connectivity index (χ1) is 13.4. The molecule has 0 unspecified atom stereocenters. The maximum absolute atomic E-state index is 12.5. The van der Waals surface area contributed by atoms with Gasteiger partial charge in [-0.3, -0.25) is 19.2 Å². The van der Waals surface area contributed by atoms with E-state index in [9.17, 15) is 14.4 Å². The van der Waals surface area contributed by atoms with Gasteiger partial charge in [0.25, 0.3) is 11.8 Å². The minimum atomic E-state index is -0.318. The number of anilines is 1. The lowest BCUT2D eigenvalue weighted by Crippen LogP contribution is -2.30. The van der Waals surface area contributed by atoms with Crippen LogP contribution in [0.25, 0.3) is 11.6 Å². The summed E-state index contributed by atoms with van der Waals surface area (Å²) < 4.78 is 0. The van der Waals surface area contributed by atoms with Gasteiger partial charge in [-0.1, -0.05) is 18.2 Å². The highest BCUT2D eigenvalue weighted by atomic mass is 16.6. The van der Waals surface area contributed by atoms with Crippen LogP contribution in [0.5, 0.6) is 0 Å². The van der Waals surface area contributed by atoms with Crippen molar-refractivity contribution < 1.29 is 19.2 Å². The second kappa shape index (κ2) is 8.10. The quantitative estimate of drug-likeness (QED) is 0.452. The highest BCUT2D eigenvalue weighted by molar-refractivity contribution is 6.34. The molecule has 146 valence electrons. The average molecular weight is 382 g/mol. The number of hydroxylamine groups is 1. The van der Waals surface area contributed by atoms with Gasteiger partial charge < -0.3 is 15.6 Å². The molecule has 3 amide bonds. The van der Waals surface area contributed by atoms with Crippen LogP contribution in [0.1, 0.15) is 39.3 Å². The predicted molar refractivity (Wildman–Crippen MR) is 105 cm³/mol. The zero-order valence-electron chi connectivity index (χ0n) is 15.9. The van der Waals surface area contributed by atoms with E-state index in [1.807, 2.05) is 31.2 Å². The third kappa shape index (κ3) is 3.81. The number of aromatic nitrogens is 1. The summed E-state index contributed by atoms with van der Waals surface area (Å²) in [5.74, 6) is -0.776. The van der Waals surface area contributed by atoms with Crippen molar-refractivity contribution in [2.24, 2.45) is 0 Å². The van der Waals surface area contributed by atoms with Gasteiger partial charge in [0.1, 0.15) is 0 Å². The van der Waals surface area contributed by atoms with E-state index in [1.54, 1.807) is 13.0 Å². The first kappa shape index (κ1) is 19.4. The highest BCUT2D eigenvalue weighted by Gasteiger charge is 2.25. The van der Waals surface area contributed by atoms with Gasteiger partial charge in [0.2, 0.25) is 5.91 Å². The first-order valence-electron chi connectivity index (χ1n) is 8.84. The van der Waals surface area contributed by atoms with Gasteiger partial charge in [-0.05, 0) is 31.6 Å². The first-order valence-corrected chi connectivity index (χ1v) is 8.84. The number of para-hydroxylation sites is 1. The van der Waals surface area contributed by atoms with E-state index in [4.69, 9.17) is 0 Å². The number of benzene rings is 1. The SMILES string of the molecule is CONC(=O)CCNC(=O)c1c(C)[nH]c(/C=C2\C(=O)Nc3ccccc32)c1C. The number of H-pyrrole nitrogens is 1. The van der Waals surface area contributed by atoms with Crippen molar-refractivity contribution in [2.75, 3.05) is 19.0 Å². The Morgan fingerprint density at radius 3 is 2.71 bits per heavy atom. The number of rotatable bonds is 6. The second-order valence-corrected chi connectivity index (χ2v) is 6.46. The number of carbonyl (C=O) groups is 3. The van der Waals surface area contributed by atoms with E-state index in [-0.39, 0.29) is 30.7 Å². The molecule has 0 fully saturated rings. The van der Waals surface area contributed by atoms with Gasteiger partial charge in [0.15, 0.2) is 0 Å². The van der Waals surface area contributed by atoms with Crippen molar-refractivity contribution in [1.82, 2.24) is 15.8 Å². The van der Waals surface area contributed by atoms with E-state index >= 15 is 0 Å². The maximum atomic E-state index is 12.5. The third-order valence-electron chi connectivity index (χ3n) is 4.56. The number of fused-ring (bicyclic) bond motifs is 1. The van der Waals surface area contributed by atoms with Crippen LogP contribution in [-0.4, -0.2) is 36.4 Å². The van der Waals surface area contributed by atoms with E-state index in [1.165, 1.54) is 7.11 Å². The summed E-state index contributed by atoms with van der Waals surface area (Å²) in [6.07, 6.45) is 1.86. The van der Waals surface area contributed by atoms with Crippen molar-refractivity contribution in [3.8, 4) is 0 Å². The Labute approximate surface area is 162 Å². The van der Waals surface area contributed by atoms with Crippen LogP contribution >= 0.6 is 0 Å². The Morgan fingerprint density at radius 1 is 1.21 bits per heavy atom. The zero-order chi connectivity index (χ0) is 20.3. The molecule has 4 N–H and O–H groups in total. The summed E-state index contributed by atoms with van der Waals surface area (Å²) in [5, 5.41) is 5.56. The summed E-state index contributed by atoms with van der Waals surface area (Å²) >= 11 is 0. The Balaban J connectivity index is 1.80. The summed E-state index contributed by atoms with van der Waals surface area (Å²) in [6.45, 7) is 3.80. The molecule has 1 aliphatic rings. The minimum Gasteiger partial charge on any atom is -0.358 e. The van der Waals surface area contributed by atoms with Crippen LogP contribution in [-0.2, 0) is 14.4 Å². The summed E-state index contributed by atoms with van der Waals surface area (Å²) in [4.78, 5) is 43.9. The molecular formula is C20H22N4O4. The molecule has 28 heavy (non-hydrogen) atoms. The smallest absolute Gasteiger partial charge is 0.256 e. The van der Waals surface area contributed by atoms with Crippen molar-refractivity contribution in [3.63, 3.8) is 0 Å². The molecule has 2 aromatic rings. The number of aryl methyl sites for hydroxylation is 1. The molecule has 2 heterocycles. The number of amides is 3. The van der Waals surface area contributed by atoms with Crippen LogP contribution in [0, 0.1) is 13.8 Å². The lowest BCUT2D eigenvalue weighted by atomic mass is 10.0. The monoisotopic (exact) mass is 382 g/mol. The van der Waals surface area contributed by atoms with Crippen molar-refractivity contribution in [1.29, 1.82) is 0 Å². The number of carbonyl (C=O) groups excluding carboxylic acids is 3. The van der Waals surface area contributed by atoms with Crippen LogP contribution in [0.2, 0.25) is 0 Å². The summed E-state index contributed by atoms with van der Waals surface area (Å²) in [7, 11) is 1.35. The van der Waals surface area contributed by atoms with Gasteiger partial charge in [-0.15, -0.1) is 0 Å². The molecule has 0 saturated carbocycles. The molecule has 8 heteroatoms. The molecule has 0 spiro atoms. The van der Waals surface area contributed by atoms with Gasteiger partial charge in [0.05, 0.1) is 18.2 Å². The number of hydrogen-bond donors (Lipinski definition) is 4. The predicted octanol–water partition coefficient (Wildman–Crippen LogP) is 1.92. The molecule has 1 aliphatic heterocycles. The van der Waals surface area contributed by atoms with Gasteiger partial charge in [-0.25, -0.2) is 5.48 Å². The lowest BCUT2D eigenvalue weighted by Gasteiger charge is -2.06. The lowest BCUT2D eigenvalue weighted by molar-refractivity contribution is -0.131. The molecular weight excluding hydrogens is 360 g/mol. The van der Waals surface area contributed by atoms with Crippen LogP contribution in [0.4, 0.5) is 5.69 Å². The van der Waals surface area contributed by atoms with Crippen molar-refractivity contribution in [2.45, 2.75) is 20.3 Å². The van der Waals surface area contributed by atoms with Crippen molar-refractivity contribution in [3.05, 3.63) is 52.3 Å². The van der Waals surface area contributed by atoms with Crippen LogP contribution in [0.3, 0.4) is 0 Å². The molecule has 8 nitrogen and oxygen atoms in total. The van der Waals surface area contributed by atoms with Crippen LogP contribution < -0.4 is 16.1 Å². The normalized spacial score (nSPS) is 14.0. The number of aromatic amines is 1. The highest BCUT2D eigenvalue weighted by Crippen LogP contribution is 2.33. The zero-order valence-corrected chi connectivity index (χ0v) is 15.9. The Kier molecular flexibility index (Phi) is 5.60. The van der Waals surface area contributed by atoms with E-state index in [0.29, 0.717) is 22.5 Å². The topological polar surface area (TPSA) is 112 Å². The second-order valence-electron chi connectivity index (χ2n) is 6.46. The average Bonchev–Trinajstić information content (AvgIpc) is 3.11. The van der Waals surface area contributed by atoms with Gasteiger partial charge in [-0.2, -0.15) is 0 Å². The molecule has 1 aromatic carbocycles. The van der Waals surface area contributed by atoms with E-state index < -0.39 is 0 Å². The fraction of sp³-hybridized carbons (Fsp3) is 0.250. The molecule has 0 bridgehead atoms. The summed E-state index contributed by atoms with van der Waals surface area (Å²) in [6, 6.07) is 7.46. The van der Waals surface area contributed by atoms with Gasteiger partial charge in [0, 0.05) is 35.6 Å².